The van der Waals surface area contributed by atoms with Crippen LogP contribution in [0, 0.1) is 6.92 Å². The molecule has 0 aromatic heterocycles. The van der Waals surface area contributed by atoms with E-state index in [0.717, 1.165) is 28.0 Å². The van der Waals surface area contributed by atoms with Crippen LogP contribution in [-0.4, -0.2) is 17.6 Å². The number of benzene rings is 5. The molecule has 6 nitrogen and oxygen atoms in total. The van der Waals surface area contributed by atoms with Crippen LogP contribution in [0.25, 0.3) is 12.2 Å². The topological polar surface area (TPSA) is 84.5 Å². The van der Waals surface area contributed by atoms with Gasteiger partial charge in [0.25, 0.3) is 11.8 Å². The molecule has 0 saturated heterocycles. The molecule has 0 aliphatic heterocycles. The molecule has 2 amide bonds. The van der Waals surface area contributed by atoms with E-state index in [0.29, 0.717) is 23.4 Å². The molecule has 0 heterocycles. The number of hydrogen-bond donors (Lipinski definition) is 2. The minimum absolute atomic E-state index is 0.0951. The summed E-state index contributed by atoms with van der Waals surface area (Å²) in [5.74, 6) is -0.311. The van der Waals surface area contributed by atoms with E-state index in [4.69, 9.17) is 4.74 Å². The second-order valence-corrected chi connectivity index (χ2v) is 10.3. The van der Waals surface area contributed by atoms with Gasteiger partial charge in [0, 0.05) is 16.8 Å². The third kappa shape index (κ3) is 8.75. The number of carbonyl (C=O) groups is 3. The third-order valence-corrected chi connectivity index (χ3v) is 7.00. The number of nitrogens with one attached hydrogen (secondary N) is 2. The fourth-order valence-corrected chi connectivity index (χ4v) is 4.45. The lowest BCUT2D eigenvalue weighted by molar-refractivity contribution is -0.113. The summed E-state index contributed by atoms with van der Waals surface area (Å²) < 4.78 is 5.82. The zero-order chi connectivity index (χ0) is 31.4. The first-order valence-electron chi connectivity index (χ1n) is 14.5. The number of amides is 2. The molecule has 0 bridgehead atoms. The monoisotopic (exact) mass is 592 g/mol. The van der Waals surface area contributed by atoms with Crippen LogP contribution in [0.15, 0.2) is 145 Å². The average molecular weight is 593 g/mol. The highest BCUT2D eigenvalue weighted by Crippen LogP contribution is 2.18. The number of ether oxygens (including phenoxy) is 1. The predicted octanol–water partition coefficient (Wildman–Crippen LogP) is 7.88. The predicted molar refractivity (Wildman–Crippen MR) is 179 cm³/mol. The molecule has 0 atom stereocenters. The van der Waals surface area contributed by atoms with Crippen LogP contribution in [0.1, 0.15) is 43.0 Å². The molecule has 0 aliphatic rings. The lowest BCUT2D eigenvalue weighted by Crippen LogP contribution is -2.30. The summed E-state index contributed by atoms with van der Waals surface area (Å²) in [7, 11) is 0. The molecule has 0 saturated carbocycles. The Morgan fingerprint density at radius 3 is 2.02 bits per heavy atom. The van der Waals surface area contributed by atoms with Gasteiger partial charge in [0.15, 0.2) is 5.78 Å². The molecular weight excluding hydrogens is 560 g/mol. The highest BCUT2D eigenvalue weighted by Gasteiger charge is 2.16. The van der Waals surface area contributed by atoms with Crippen LogP contribution in [-0.2, 0) is 11.4 Å². The van der Waals surface area contributed by atoms with Crippen molar-refractivity contribution in [1.82, 2.24) is 5.32 Å². The van der Waals surface area contributed by atoms with E-state index in [9.17, 15) is 14.4 Å². The molecule has 0 radical (unpaired) electrons. The number of anilines is 1. The van der Waals surface area contributed by atoms with Crippen LogP contribution in [0.2, 0.25) is 0 Å². The summed E-state index contributed by atoms with van der Waals surface area (Å²) in [6.07, 6.45) is 4.91. The van der Waals surface area contributed by atoms with E-state index in [1.807, 2.05) is 91.9 Å². The van der Waals surface area contributed by atoms with Crippen molar-refractivity contribution in [3.05, 3.63) is 179 Å². The van der Waals surface area contributed by atoms with E-state index in [1.54, 1.807) is 60.7 Å². The van der Waals surface area contributed by atoms with Crippen molar-refractivity contribution in [1.29, 1.82) is 0 Å². The molecule has 0 aliphatic carbocycles. The third-order valence-electron chi connectivity index (χ3n) is 7.00. The van der Waals surface area contributed by atoms with Gasteiger partial charge in [-0.15, -0.1) is 0 Å². The van der Waals surface area contributed by atoms with Gasteiger partial charge in [0.05, 0.1) is 0 Å². The Bertz CT molecular complexity index is 1830. The highest BCUT2D eigenvalue weighted by atomic mass is 16.5. The Hall–Kier alpha value is -6.01. The molecule has 5 rings (SSSR count). The number of allylic oxidation sites excluding steroid dienone is 1. The van der Waals surface area contributed by atoms with Gasteiger partial charge in [0.1, 0.15) is 18.1 Å². The maximum Gasteiger partial charge on any atom is 0.272 e. The van der Waals surface area contributed by atoms with Crippen molar-refractivity contribution >= 4 is 35.4 Å². The quantitative estimate of drug-likeness (QED) is 0.121. The van der Waals surface area contributed by atoms with E-state index in [1.165, 1.54) is 6.08 Å². The van der Waals surface area contributed by atoms with E-state index in [-0.39, 0.29) is 11.5 Å². The minimum Gasteiger partial charge on any atom is -0.489 e. The number of hydrogen-bond acceptors (Lipinski definition) is 4. The van der Waals surface area contributed by atoms with Gasteiger partial charge in [-0.05, 0) is 89.9 Å². The van der Waals surface area contributed by atoms with Gasteiger partial charge < -0.3 is 15.4 Å². The first-order valence-corrected chi connectivity index (χ1v) is 14.5. The van der Waals surface area contributed by atoms with Crippen molar-refractivity contribution in [2.75, 3.05) is 5.32 Å². The maximum atomic E-state index is 13.3. The molecule has 2 N–H and O–H groups in total. The molecule has 222 valence electrons. The number of carbonyl (C=O) groups excluding carboxylic acids is 3. The van der Waals surface area contributed by atoms with Crippen LogP contribution >= 0.6 is 0 Å². The van der Waals surface area contributed by atoms with Gasteiger partial charge in [-0.1, -0.05) is 91.0 Å². The number of ketones is 1. The second-order valence-electron chi connectivity index (χ2n) is 10.3. The fourth-order valence-electron chi connectivity index (χ4n) is 4.45. The van der Waals surface area contributed by atoms with Crippen molar-refractivity contribution in [2.24, 2.45) is 0 Å². The van der Waals surface area contributed by atoms with Crippen LogP contribution < -0.4 is 15.4 Å². The van der Waals surface area contributed by atoms with Crippen LogP contribution in [0.3, 0.4) is 0 Å². The molecule has 45 heavy (non-hydrogen) atoms. The largest absolute Gasteiger partial charge is 0.489 e. The summed E-state index contributed by atoms with van der Waals surface area (Å²) >= 11 is 0. The Balaban J connectivity index is 1.21. The van der Waals surface area contributed by atoms with Crippen molar-refractivity contribution in [3.63, 3.8) is 0 Å². The molecule has 5 aromatic rings. The minimum atomic E-state index is -0.488. The summed E-state index contributed by atoms with van der Waals surface area (Å²) in [6.45, 7) is 2.42. The standard InChI is InChI=1S/C39H32N2O4/c1-28-10-8-9-15-33(28)26-36(41-38(43)32-13-6-3-7-14-32)39(44)40-34-21-19-31(20-22-34)37(42)25-18-29-16-23-35(24-17-29)45-27-30-11-4-2-5-12-30/h2-26H,27H2,1H3,(H,40,44)(H,41,43)/b25-18+,36-26-. The molecule has 6 heteroatoms. The van der Waals surface area contributed by atoms with E-state index < -0.39 is 11.8 Å². The molecule has 0 fully saturated rings. The molecule has 0 unspecified atom stereocenters. The molecular formula is C39H32N2O4. The number of rotatable bonds is 11. The maximum absolute atomic E-state index is 13.3. The summed E-state index contributed by atoms with van der Waals surface area (Å²) in [6, 6.07) is 40.4. The molecule has 5 aromatic carbocycles. The first-order chi connectivity index (χ1) is 21.9. The van der Waals surface area contributed by atoms with Crippen molar-refractivity contribution in [2.45, 2.75) is 13.5 Å². The highest BCUT2D eigenvalue weighted by molar-refractivity contribution is 6.11. The van der Waals surface area contributed by atoms with Gasteiger partial charge in [0.2, 0.25) is 0 Å². The van der Waals surface area contributed by atoms with Gasteiger partial charge >= 0.3 is 0 Å². The first kappa shape index (κ1) is 30.4. The Morgan fingerprint density at radius 1 is 0.689 bits per heavy atom. The van der Waals surface area contributed by atoms with E-state index in [2.05, 4.69) is 10.6 Å². The Labute approximate surface area is 262 Å². The van der Waals surface area contributed by atoms with Gasteiger partial charge in [-0.2, -0.15) is 0 Å². The van der Waals surface area contributed by atoms with Crippen molar-refractivity contribution in [3.8, 4) is 5.75 Å². The lowest BCUT2D eigenvalue weighted by Gasteiger charge is -2.12. The van der Waals surface area contributed by atoms with Gasteiger partial charge in [-0.3, -0.25) is 14.4 Å². The van der Waals surface area contributed by atoms with Crippen LogP contribution in [0.4, 0.5) is 5.69 Å². The lowest BCUT2D eigenvalue weighted by atomic mass is 10.1. The second kappa shape index (κ2) is 14.9. The normalized spacial score (nSPS) is 11.2. The zero-order valence-electron chi connectivity index (χ0n) is 24.8. The Kier molecular flexibility index (Phi) is 10.1. The SMILES string of the molecule is Cc1ccccc1/C=C(\NC(=O)c1ccccc1)C(=O)Nc1ccc(C(=O)/C=C/c2ccc(OCc3ccccc3)cc2)cc1. The average Bonchev–Trinajstić information content (AvgIpc) is 3.08. The Morgan fingerprint density at radius 2 is 1.33 bits per heavy atom. The fraction of sp³-hybridized carbons (Fsp3) is 0.0513. The van der Waals surface area contributed by atoms with Gasteiger partial charge in [-0.25, -0.2) is 0 Å². The van der Waals surface area contributed by atoms with Crippen LogP contribution in [0.5, 0.6) is 5.75 Å². The summed E-state index contributed by atoms with van der Waals surface area (Å²) in [5.41, 5.74) is 5.20. The number of aryl methyl sites for hydroxylation is 1. The summed E-state index contributed by atoms with van der Waals surface area (Å²) in [5, 5.41) is 5.57. The summed E-state index contributed by atoms with van der Waals surface area (Å²) in [4.78, 5) is 39.0. The van der Waals surface area contributed by atoms with E-state index >= 15 is 0 Å². The molecule has 0 spiro atoms. The zero-order valence-corrected chi connectivity index (χ0v) is 24.8. The smallest absolute Gasteiger partial charge is 0.272 e. The van der Waals surface area contributed by atoms with Crippen molar-refractivity contribution < 1.29 is 19.1 Å².